The van der Waals surface area contributed by atoms with E-state index in [-0.39, 0.29) is 23.4 Å². The second-order valence-electron chi connectivity index (χ2n) is 4.94. The van der Waals surface area contributed by atoms with Gasteiger partial charge in [0.1, 0.15) is 0 Å². The van der Waals surface area contributed by atoms with Gasteiger partial charge in [-0.2, -0.15) is 0 Å². The highest BCUT2D eigenvalue weighted by Gasteiger charge is 2.24. The van der Waals surface area contributed by atoms with Crippen LogP contribution in [0.15, 0.2) is 18.2 Å². The molecular weight excluding hydrogens is 266 g/mol. The summed E-state index contributed by atoms with van der Waals surface area (Å²) in [5.41, 5.74) is 3.97. The number of carbonyl (C=O) groups is 2. The highest BCUT2D eigenvalue weighted by molar-refractivity contribution is 5.95. The Morgan fingerprint density at radius 3 is 2.50 bits per heavy atom. The molecule has 0 spiro atoms. The molecule has 0 radical (unpaired) electrons. The van der Waals surface area contributed by atoms with Gasteiger partial charge in [0.05, 0.1) is 10.5 Å². The fourth-order valence-electron chi connectivity index (χ4n) is 1.78. The van der Waals surface area contributed by atoms with Gasteiger partial charge in [0, 0.05) is 29.8 Å². The van der Waals surface area contributed by atoms with E-state index < -0.39 is 22.3 Å². The summed E-state index contributed by atoms with van der Waals surface area (Å²) < 4.78 is 0. The van der Waals surface area contributed by atoms with Gasteiger partial charge >= 0.3 is 5.97 Å². The maximum Gasteiger partial charge on any atom is 0.338 e. The summed E-state index contributed by atoms with van der Waals surface area (Å²) in [5.74, 6) is -1.84. The molecule has 0 atom stereocenters. The topological polar surface area (TPSA) is 136 Å². The Morgan fingerprint density at radius 1 is 1.45 bits per heavy atom. The molecule has 4 N–H and O–H groups in total. The van der Waals surface area contributed by atoms with Crippen LogP contribution in [0.1, 0.15) is 30.6 Å². The van der Waals surface area contributed by atoms with Gasteiger partial charge in [-0.3, -0.25) is 14.9 Å². The van der Waals surface area contributed by atoms with Crippen molar-refractivity contribution in [3.05, 3.63) is 33.9 Å². The molecule has 0 heterocycles. The van der Waals surface area contributed by atoms with Crippen LogP contribution in [-0.4, -0.2) is 27.4 Å². The summed E-state index contributed by atoms with van der Waals surface area (Å²) in [6.07, 6.45) is -0.0109. The zero-order valence-electron chi connectivity index (χ0n) is 11.0. The van der Waals surface area contributed by atoms with Crippen LogP contribution in [0.25, 0.3) is 0 Å². The molecule has 0 unspecified atom stereocenters. The van der Waals surface area contributed by atoms with Crippen LogP contribution in [0.2, 0.25) is 0 Å². The molecule has 8 heteroatoms. The number of nitrogens with zero attached hydrogens (tertiary/aromatic N) is 1. The Bertz CT molecular complexity index is 568. The minimum atomic E-state index is -1.30. The predicted molar refractivity (Wildman–Crippen MR) is 71.6 cm³/mol. The molecule has 0 aromatic heterocycles. The summed E-state index contributed by atoms with van der Waals surface area (Å²) in [6, 6.07) is 3.45. The third-order valence-electron chi connectivity index (χ3n) is 2.53. The fourth-order valence-corrected chi connectivity index (χ4v) is 1.78. The van der Waals surface area contributed by atoms with Crippen LogP contribution >= 0.6 is 0 Å². The number of carboxylic acid groups (broad SMARTS) is 1. The van der Waals surface area contributed by atoms with E-state index >= 15 is 0 Å². The summed E-state index contributed by atoms with van der Waals surface area (Å²) in [5, 5.41) is 22.6. The Balaban J connectivity index is 3.15. The Labute approximate surface area is 114 Å². The second-order valence-corrected chi connectivity index (χ2v) is 4.94. The first-order chi connectivity index (χ1) is 9.12. The van der Waals surface area contributed by atoms with Crippen molar-refractivity contribution < 1.29 is 19.6 Å². The molecular formula is C12H15N3O5. The quantitative estimate of drug-likeness (QED) is 0.532. The number of primary amides is 1. The molecule has 0 fully saturated rings. The lowest BCUT2D eigenvalue weighted by Crippen LogP contribution is -2.36. The molecule has 0 saturated heterocycles. The molecule has 1 aromatic carbocycles. The zero-order valence-corrected chi connectivity index (χ0v) is 11.0. The Morgan fingerprint density at radius 2 is 2.05 bits per heavy atom. The molecule has 0 saturated carbocycles. The molecule has 0 aliphatic heterocycles. The summed E-state index contributed by atoms with van der Waals surface area (Å²) in [6.45, 7) is 3.34. The average molecular weight is 281 g/mol. The monoisotopic (exact) mass is 281 g/mol. The zero-order chi connectivity index (χ0) is 15.5. The lowest BCUT2D eigenvalue weighted by molar-refractivity contribution is -0.384. The third kappa shape index (κ3) is 3.94. The van der Waals surface area contributed by atoms with Crippen LogP contribution in [0, 0.1) is 10.1 Å². The molecule has 8 nitrogen and oxygen atoms in total. The summed E-state index contributed by atoms with van der Waals surface area (Å²) in [7, 11) is 0. The first kappa shape index (κ1) is 15.4. The molecule has 108 valence electrons. The maximum absolute atomic E-state index is 11.2. The van der Waals surface area contributed by atoms with Gasteiger partial charge in [-0.1, -0.05) is 0 Å². The number of nitro groups is 1. The highest BCUT2D eigenvalue weighted by Crippen LogP contribution is 2.26. The fraction of sp³-hybridized carbons (Fsp3) is 0.333. The lowest BCUT2D eigenvalue weighted by atomic mass is 9.98. The molecule has 1 amide bonds. The van der Waals surface area contributed by atoms with Gasteiger partial charge in [-0.15, -0.1) is 0 Å². The lowest BCUT2D eigenvalue weighted by Gasteiger charge is -2.26. The maximum atomic E-state index is 11.2. The van der Waals surface area contributed by atoms with Crippen molar-refractivity contribution in [1.82, 2.24) is 0 Å². The number of benzene rings is 1. The van der Waals surface area contributed by atoms with Crippen molar-refractivity contribution >= 4 is 23.3 Å². The highest BCUT2D eigenvalue weighted by atomic mass is 16.6. The number of nitrogens with one attached hydrogen (secondary N) is 1. The van der Waals surface area contributed by atoms with E-state index in [1.54, 1.807) is 13.8 Å². The van der Waals surface area contributed by atoms with Crippen LogP contribution in [0.5, 0.6) is 0 Å². The van der Waals surface area contributed by atoms with Crippen LogP contribution < -0.4 is 11.1 Å². The second kappa shape index (κ2) is 5.55. The number of non-ortho nitro benzene ring substituents is 1. The van der Waals surface area contributed by atoms with Crippen molar-refractivity contribution in [3.8, 4) is 0 Å². The summed E-state index contributed by atoms with van der Waals surface area (Å²) >= 11 is 0. The average Bonchev–Trinajstić information content (AvgIpc) is 2.26. The van der Waals surface area contributed by atoms with E-state index in [1.807, 2.05) is 0 Å². The van der Waals surface area contributed by atoms with E-state index in [2.05, 4.69) is 5.32 Å². The molecule has 0 aliphatic carbocycles. The van der Waals surface area contributed by atoms with Crippen molar-refractivity contribution in [1.29, 1.82) is 0 Å². The number of aromatic carboxylic acids is 1. The number of hydrogen-bond donors (Lipinski definition) is 3. The van der Waals surface area contributed by atoms with Gasteiger partial charge in [-0.05, 0) is 19.9 Å². The molecule has 0 bridgehead atoms. The van der Waals surface area contributed by atoms with Crippen molar-refractivity contribution in [2.45, 2.75) is 25.8 Å². The largest absolute Gasteiger partial charge is 0.478 e. The predicted octanol–water partition coefficient (Wildman–Crippen LogP) is 1.36. The minimum absolute atomic E-state index is 0.0109. The number of nitro benzene ring substituents is 1. The van der Waals surface area contributed by atoms with Crippen molar-refractivity contribution in [2.75, 3.05) is 5.32 Å². The van der Waals surface area contributed by atoms with Gasteiger partial charge in [0.25, 0.3) is 5.69 Å². The number of carbonyl (C=O) groups excluding carboxylic acids is 1. The van der Waals surface area contributed by atoms with Gasteiger partial charge in [0.2, 0.25) is 5.91 Å². The molecule has 0 aliphatic rings. The van der Waals surface area contributed by atoms with E-state index in [1.165, 1.54) is 12.1 Å². The SMILES string of the molecule is CC(C)(CC(N)=O)Nc1ccc([N+](=O)[O-])cc1C(=O)O. The number of anilines is 1. The number of nitrogens with two attached hydrogens (primary N) is 1. The normalized spacial score (nSPS) is 10.9. The number of rotatable bonds is 6. The van der Waals surface area contributed by atoms with Crippen molar-refractivity contribution in [2.24, 2.45) is 5.73 Å². The number of hydrogen-bond acceptors (Lipinski definition) is 5. The van der Waals surface area contributed by atoms with E-state index in [4.69, 9.17) is 10.8 Å². The minimum Gasteiger partial charge on any atom is -0.478 e. The van der Waals surface area contributed by atoms with Crippen LogP contribution in [-0.2, 0) is 4.79 Å². The van der Waals surface area contributed by atoms with Gasteiger partial charge in [0.15, 0.2) is 0 Å². The van der Waals surface area contributed by atoms with Crippen LogP contribution in [0.4, 0.5) is 11.4 Å². The van der Waals surface area contributed by atoms with E-state index in [0.717, 1.165) is 6.07 Å². The standard InChI is InChI=1S/C12H15N3O5/c1-12(2,6-10(13)16)14-9-4-3-7(15(19)20)5-8(9)11(17)18/h3-5,14H,6H2,1-2H3,(H2,13,16)(H,17,18). The Kier molecular flexibility index (Phi) is 4.28. The van der Waals surface area contributed by atoms with E-state index in [0.29, 0.717) is 0 Å². The number of amides is 1. The van der Waals surface area contributed by atoms with Gasteiger partial charge in [-0.25, -0.2) is 4.79 Å². The van der Waals surface area contributed by atoms with Crippen LogP contribution in [0.3, 0.4) is 0 Å². The first-order valence-corrected chi connectivity index (χ1v) is 5.70. The molecule has 1 aromatic rings. The smallest absolute Gasteiger partial charge is 0.338 e. The third-order valence-corrected chi connectivity index (χ3v) is 2.53. The Hall–Kier alpha value is -2.64. The molecule has 20 heavy (non-hydrogen) atoms. The molecule has 1 rings (SSSR count). The van der Waals surface area contributed by atoms with E-state index in [9.17, 15) is 19.7 Å². The first-order valence-electron chi connectivity index (χ1n) is 5.70. The number of carboxylic acids is 1. The van der Waals surface area contributed by atoms with Gasteiger partial charge < -0.3 is 16.2 Å². The summed E-state index contributed by atoms with van der Waals surface area (Å²) in [4.78, 5) is 32.1. The van der Waals surface area contributed by atoms with Crippen molar-refractivity contribution in [3.63, 3.8) is 0 Å².